The summed E-state index contributed by atoms with van der Waals surface area (Å²) in [6.45, 7) is 0.457. The number of ether oxygens (including phenoxy) is 2. The maximum atomic E-state index is 5.91. The van der Waals surface area contributed by atoms with Gasteiger partial charge in [-0.25, -0.2) is 0 Å². The van der Waals surface area contributed by atoms with Crippen LogP contribution >= 0.6 is 0 Å². The van der Waals surface area contributed by atoms with Gasteiger partial charge in [-0.05, 0) is 30.3 Å². The summed E-state index contributed by atoms with van der Waals surface area (Å²) < 4.78 is 10.7. The normalized spacial score (nSPS) is 11.8. The third-order valence-corrected chi connectivity index (χ3v) is 3.16. The average molecular weight is 272 g/mol. The number of hydrogen-bond acceptors (Lipinski definition) is 4. The van der Waals surface area contributed by atoms with Crippen LogP contribution in [-0.4, -0.2) is 20.8 Å². The minimum atomic E-state index is -0.0394. The molecule has 1 unspecified atom stereocenters. The Balaban J connectivity index is 2.30. The van der Waals surface area contributed by atoms with Gasteiger partial charge in [-0.15, -0.1) is 0 Å². The first-order valence-corrected chi connectivity index (χ1v) is 6.52. The van der Waals surface area contributed by atoms with Crippen LogP contribution in [0.25, 0.3) is 0 Å². The van der Waals surface area contributed by atoms with Gasteiger partial charge in [-0.1, -0.05) is 18.2 Å². The highest BCUT2D eigenvalue weighted by atomic mass is 16.5. The number of nitrogens with one attached hydrogen (secondary N) is 1. The average Bonchev–Trinajstić information content (AvgIpc) is 2.53. The van der Waals surface area contributed by atoms with Crippen LogP contribution in [0.15, 0.2) is 48.5 Å². The van der Waals surface area contributed by atoms with Crippen molar-refractivity contribution in [2.24, 2.45) is 5.73 Å². The Morgan fingerprint density at radius 1 is 1.05 bits per heavy atom. The van der Waals surface area contributed by atoms with E-state index in [0.717, 1.165) is 22.7 Å². The van der Waals surface area contributed by atoms with E-state index in [0.29, 0.717) is 6.54 Å². The molecular formula is C16H20N2O2. The van der Waals surface area contributed by atoms with Crippen molar-refractivity contribution < 1.29 is 9.47 Å². The summed E-state index contributed by atoms with van der Waals surface area (Å²) in [5.41, 5.74) is 7.91. The number of rotatable bonds is 6. The van der Waals surface area contributed by atoms with Crippen LogP contribution in [0.3, 0.4) is 0 Å². The highest BCUT2D eigenvalue weighted by Crippen LogP contribution is 2.30. The van der Waals surface area contributed by atoms with Gasteiger partial charge in [0.2, 0.25) is 0 Å². The van der Waals surface area contributed by atoms with Crippen LogP contribution in [-0.2, 0) is 0 Å². The molecule has 0 amide bonds. The molecule has 4 heteroatoms. The van der Waals surface area contributed by atoms with Crippen LogP contribution in [0.4, 0.5) is 5.69 Å². The molecule has 106 valence electrons. The zero-order valence-electron chi connectivity index (χ0n) is 11.8. The van der Waals surface area contributed by atoms with Gasteiger partial charge in [-0.2, -0.15) is 0 Å². The van der Waals surface area contributed by atoms with E-state index < -0.39 is 0 Å². The Morgan fingerprint density at radius 2 is 1.80 bits per heavy atom. The SMILES string of the molecule is COc1ccc(OC)c(C(CN)Nc2ccccc2)c1. The maximum absolute atomic E-state index is 5.91. The second-order valence-corrected chi connectivity index (χ2v) is 4.41. The number of anilines is 1. The lowest BCUT2D eigenvalue weighted by molar-refractivity contribution is 0.396. The molecule has 0 bridgehead atoms. The minimum Gasteiger partial charge on any atom is -0.497 e. The topological polar surface area (TPSA) is 56.5 Å². The third-order valence-electron chi connectivity index (χ3n) is 3.16. The Hall–Kier alpha value is -2.20. The first-order valence-electron chi connectivity index (χ1n) is 6.52. The number of nitrogens with two attached hydrogens (primary N) is 1. The van der Waals surface area contributed by atoms with Crippen molar-refractivity contribution in [3.8, 4) is 11.5 Å². The predicted molar refractivity (Wildman–Crippen MR) is 81.4 cm³/mol. The molecule has 2 rings (SSSR count). The molecular weight excluding hydrogens is 252 g/mol. The fraction of sp³-hybridized carbons (Fsp3) is 0.250. The lowest BCUT2D eigenvalue weighted by Crippen LogP contribution is -2.21. The van der Waals surface area contributed by atoms with E-state index >= 15 is 0 Å². The Bertz CT molecular complexity index is 543. The van der Waals surface area contributed by atoms with Crippen molar-refractivity contribution in [3.05, 3.63) is 54.1 Å². The highest BCUT2D eigenvalue weighted by molar-refractivity contribution is 5.49. The summed E-state index contributed by atoms with van der Waals surface area (Å²) in [5, 5.41) is 3.41. The first kappa shape index (κ1) is 14.2. The molecule has 2 aromatic carbocycles. The van der Waals surface area contributed by atoms with E-state index in [4.69, 9.17) is 15.2 Å². The van der Waals surface area contributed by atoms with Crippen molar-refractivity contribution in [1.29, 1.82) is 0 Å². The molecule has 20 heavy (non-hydrogen) atoms. The molecule has 0 heterocycles. The number of methoxy groups -OCH3 is 2. The van der Waals surface area contributed by atoms with Gasteiger partial charge >= 0.3 is 0 Å². The van der Waals surface area contributed by atoms with Crippen molar-refractivity contribution >= 4 is 5.69 Å². The summed E-state index contributed by atoms with van der Waals surface area (Å²) in [6, 6.07) is 15.6. The first-order chi connectivity index (χ1) is 9.78. The highest BCUT2D eigenvalue weighted by Gasteiger charge is 2.15. The molecule has 2 aromatic rings. The molecule has 0 saturated heterocycles. The molecule has 0 radical (unpaired) electrons. The van der Waals surface area contributed by atoms with Crippen LogP contribution in [0.1, 0.15) is 11.6 Å². The van der Waals surface area contributed by atoms with E-state index in [9.17, 15) is 0 Å². The van der Waals surface area contributed by atoms with Gasteiger partial charge in [0, 0.05) is 17.8 Å². The summed E-state index contributed by atoms with van der Waals surface area (Å²) >= 11 is 0. The van der Waals surface area contributed by atoms with Crippen LogP contribution < -0.4 is 20.5 Å². The number of benzene rings is 2. The van der Waals surface area contributed by atoms with Gasteiger partial charge in [0.05, 0.1) is 20.3 Å². The Kier molecular flexibility index (Phi) is 4.85. The monoisotopic (exact) mass is 272 g/mol. The summed E-state index contributed by atoms with van der Waals surface area (Å²) in [4.78, 5) is 0. The van der Waals surface area contributed by atoms with Crippen molar-refractivity contribution in [3.63, 3.8) is 0 Å². The molecule has 4 nitrogen and oxygen atoms in total. The molecule has 0 aliphatic heterocycles. The second-order valence-electron chi connectivity index (χ2n) is 4.41. The summed E-state index contributed by atoms with van der Waals surface area (Å²) in [6.07, 6.45) is 0. The zero-order chi connectivity index (χ0) is 14.4. The fourth-order valence-corrected chi connectivity index (χ4v) is 2.11. The van der Waals surface area contributed by atoms with Crippen molar-refractivity contribution in [1.82, 2.24) is 0 Å². The van der Waals surface area contributed by atoms with E-state index in [1.807, 2.05) is 48.5 Å². The molecule has 0 aliphatic carbocycles. The quantitative estimate of drug-likeness (QED) is 0.849. The summed E-state index contributed by atoms with van der Waals surface area (Å²) in [7, 11) is 3.30. The predicted octanol–water partition coefficient (Wildman–Crippen LogP) is 2.82. The standard InChI is InChI=1S/C16H20N2O2/c1-19-13-8-9-16(20-2)14(10-13)15(11-17)18-12-6-4-3-5-7-12/h3-10,15,18H,11,17H2,1-2H3. The van der Waals surface area contributed by atoms with Gasteiger partial charge < -0.3 is 20.5 Å². The van der Waals surface area contributed by atoms with Crippen LogP contribution in [0.5, 0.6) is 11.5 Å². The second kappa shape index (κ2) is 6.82. The zero-order valence-corrected chi connectivity index (χ0v) is 11.8. The van der Waals surface area contributed by atoms with Gasteiger partial charge in [-0.3, -0.25) is 0 Å². The number of para-hydroxylation sites is 1. The molecule has 0 fully saturated rings. The smallest absolute Gasteiger partial charge is 0.124 e. The minimum absolute atomic E-state index is 0.0394. The Labute approximate surface area is 119 Å². The fourth-order valence-electron chi connectivity index (χ4n) is 2.11. The molecule has 0 aliphatic rings. The lowest BCUT2D eigenvalue weighted by atomic mass is 10.0. The maximum Gasteiger partial charge on any atom is 0.124 e. The number of hydrogen-bond donors (Lipinski definition) is 2. The molecule has 0 spiro atoms. The molecule has 0 saturated carbocycles. The Morgan fingerprint density at radius 3 is 2.40 bits per heavy atom. The van der Waals surface area contributed by atoms with E-state index in [1.165, 1.54) is 0 Å². The van der Waals surface area contributed by atoms with Gasteiger partial charge in [0.15, 0.2) is 0 Å². The van der Waals surface area contributed by atoms with Crippen molar-refractivity contribution in [2.45, 2.75) is 6.04 Å². The van der Waals surface area contributed by atoms with Crippen molar-refractivity contribution in [2.75, 3.05) is 26.1 Å². The molecule has 3 N–H and O–H groups in total. The van der Waals surface area contributed by atoms with E-state index in [1.54, 1.807) is 14.2 Å². The van der Waals surface area contributed by atoms with Crippen LogP contribution in [0, 0.1) is 0 Å². The van der Waals surface area contributed by atoms with E-state index in [2.05, 4.69) is 5.32 Å². The lowest BCUT2D eigenvalue weighted by Gasteiger charge is -2.21. The van der Waals surface area contributed by atoms with E-state index in [-0.39, 0.29) is 6.04 Å². The third kappa shape index (κ3) is 3.22. The molecule has 0 aromatic heterocycles. The van der Waals surface area contributed by atoms with Gasteiger partial charge in [0.1, 0.15) is 11.5 Å². The van der Waals surface area contributed by atoms with Gasteiger partial charge in [0.25, 0.3) is 0 Å². The molecule has 1 atom stereocenters. The summed E-state index contributed by atoms with van der Waals surface area (Å²) in [5.74, 6) is 1.58. The largest absolute Gasteiger partial charge is 0.497 e. The van der Waals surface area contributed by atoms with Crippen LogP contribution in [0.2, 0.25) is 0 Å².